The highest BCUT2D eigenvalue weighted by Gasteiger charge is 2.19. The van der Waals surface area contributed by atoms with Crippen molar-refractivity contribution < 1.29 is 9.66 Å². The Hall–Kier alpha value is -1.88. The summed E-state index contributed by atoms with van der Waals surface area (Å²) in [5.41, 5.74) is 1.85. The molecule has 4 nitrogen and oxygen atoms in total. The lowest BCUT2D eigenvalue weighted by molar-refractivity contribution is -0.385. The number of nitro benzene ring substituents is 1. The van der Waals surface area contributed by atoms with Crippen LogP contribution in [0.3, 0.4) is 0 Å². The number of halogens is 1. The van der Waals surface area contributed by atoms with Crippen molar-refractivity contribution in [3.63, 3.8) is 0 Å². The van der Waals surface area contributed by atoms with Gasteiger partial charge in [-0.2, -0.15) is 0 Å². The van der Waals surface area contributed by atoms with Gasteiger partial charge in [-0.1, -0.05) is 52.3 Å². The van der Waals surface area contributed by atoms with Crippen LogP contribution < -0.4 is 4.74 Å². The summed E-state index contributed by atoms with van der Waals surface area (Å²) < 4.78 is 5.61. The molecule has 2 aromatic carbocycles. The summed E-state index contributed by atoms with van der Waals surface area (Å²) in [6, 6.07) is 14.5. The molecule has 110 valence electrons. The Labute approximate surface area is 132 Å². The van der Waals surface area contributed by atoms with Crippen LogP contribution in [0.15, 0.2) is 48.5 Å². The van der Waals surface area contributed by atoms with Crippen LogP contribution in [-0.4, -0.2) is 11.5 Å². The third-order valence-electron chi connectivity index (χ3n) is 3.14. The number of nitrogens with zero attached hydrogens (tertiary/aromatic N) is 1. The van der Waals surface area contributed by atoms with Gasteiger partial charge >= 0.3 is 0 Å². The van der Waals surface area contributed by atoms with Crippen LogP contribution in [0, 0.1) is 10.1 Å². The summed E-state index contributed by atoms with van der Waals surface area (Å²) in [5.74, 6) is 0.806. The highest BCUT2D eigenvalue weighted by atomic mass is 79.9. The van der Waals surface area contributed by atoms with Crippen LogP contribution in [0.5, 0.6) is 5.75 Å². The third-order valence-corrected chi connectivity index (χ3v) is 3.96. The van der Waals surface area contributed by atoms with E-state index >= 15 is 0 Å². The molecule has 0 aromatic heterocycles. The first-order valence-corrected chi connectivity index (χ1v) is 7.63. The van der Waals surface area contributed by atoms with Crippen LogP contribution in [0.4, 0.5) is 5.69 Å². The molecule has 0 amide bonds. The maximum atomic E-state index is 11.1. The molecule has 0 saturated heterocycles. The molecule has 2 aromatic rings. The molecule has 0 bridgehead atoms. The number of ether oxygens (including phenoxy) is 1. The molecule has 0 heterocycles. The number of rotatable bonds is 6. The van der Waals surface area contributed by atoms with Crippen molar-refractivity contribution in [2.45, 2.75) is 18.2 Å². The second-order valence-corrected chi connectivity index (χ2v) is 5.63. The van der Waals surface area contributed by atoms with Crippen LogP contribution in [0.25, 0.3) is 0 Å². The summed E-state index contributed by atoms with van der Waals surface area (Å²) in [6.45, 7) is 2.52. The molecule has 0 fully saturated rings. The Balaban J connectivity index is 2.26. The molecule has 0 radical (unpaired) electrons. The van der Waals surface area contributed by atoms with Gasteiger partial charge in [-0.05, 0) is 19.4 Å². The fourth-order valence-electron chi connectivity index (χ4n) is 2.19. The Morgan fingerprint density at radius 3 is 2.57 bits per heavy atom. The van der Waals surface area contributed by atoms with E-state index in [1.807, 2.05) is 37.3 Å². The topological polar surface area (TPSA) is 52.4 Å². The molecule has 0 aliphatic rings. The summed E-state index contributed by atoms with van der Waals surface area (Å²) in [4.78, 5) is 10.7. The molecule has 21 heavy (non-hydrogen) atoms. The smallest absolute Gasteiger partial charge is 0.272 e. The lowest BCUT2D eigenvalue weighted by Crippen LogP contribution is -2.03. The largest absolute Gasteiger partial charge is 0.494 e. The van der Waals surface area contributed by atoms with Crippen LogP contribution >= 0.6 is 15.9 Å². The highest BCUT2D eigenvalue weighted by molar-refractivity contribution is 9.09. The van der Waals surface area contributed by atoms with E-state index in [0.717, 1.165) is 11.3 Å². The summed E-state index contributed by atoms with van der Waals surface area (Å²) in [5, 5.41) is 11.1. The minimum absolute atomic E-state index is 0.0404. The normalized spacial score (nSPS) is 11.9. The Morgan fingerprint density at radius 2 is 1.86 bits per heavy atom. The fraction of sp³-hybridized carbons (Fsp3) is 0.250. The summed E-state index contributed by atoms with van der Waals surface area (Å²) in [7, 11) is 0. The van der Waals surface area contributed by atoms with E-state index in [2.05, 4.69) is 15.9 Å². The van der Waals surface area contributed by atoms with Crippen LogP contribution in [0.1, 0.15) is 22.9 Å². The van der Waals surface area contributed by atoms with Gasteiger partial charge in [0.25, 0.3) is 5.69 Å². The monoisotopic (exact) mass is 349 g/mol. The van der Waals surface area contributed by atoms with Crippen molar-refractivity contribution in [1.82, 2.24) is 0 Å². The number of benzene rings is 2. The van der Waals surface area contributed by atoms with Gasteiger partial charge in [-0.25, -0.2) is 0 Å². The van der Waals surface area contributed by atoms with Crippen molar-refractivity contribution in [3.05, 3.63) is 69.8 Å². The molecule has 0 aliphatic carbocycles. The molecule has 0 saturated carbocycles. The standard InChI is InChI=1S/C16H16BrNO3/c1-2-21-16-10-6-4-8-13(16)14(17)11-12-7-3-5-9-15(12)18(19)20/h3-10,14H,2,11H2,1H3. The molecular weight excluding hydrogens is 334 g/mol. The molecule has 1 unspecified atom stereocenters. The molecule has 0 N–H and O–H groups in total. The molecule has 2 rings (SSSR count). The number of nitro groups is 1. The average Bonchev–Trinajstić information content (AvgIpc) is 2.48. The lowest BCUT2D eigenvalue weighted by atomic mass is 10.0. The van der Waals surface area contributed by atoms with Gasteiger partial charge in [0.1, 0.15) is 5.75 Å². The van der Waals surface area contributed by atoms with E-state index < -0.39 is 0 Å². The Bertz CT molecular complexity index is 630. The summed E-state index contributed by atoms with van der Waals surface area (Å²) in [6.07, 6.45) is 0.529. The first kappa shape index (κ1) is 15.5. The predicted molar refractivity (Wildman–Crippen MR) is 86.1 cm³/mol. The maximum Gasteiger partial charge on any atom is 0.272 e. The fourth-order valence-corrected chi connectivity index (χ4v) is 2.92. The minimum atomic E-state index is -0.344. The van der Waals surface area contributed by atoms with Gasteiger partial charge in [-0.3, -0.25) is 10.1 Å². The van der Waals surface area contributed by atoms with Gasteiger partial charge < -0.3 is 4.74 Å². The van der Waals surface area contributed by atoms with Crippen LogP contribution in [-0.2, 0) is 6.42 Å². The van der Waals surface area contributed by atoms with Gasteiger partial charge in [0, 0.05) is 22.0 Å². The van der Waals surface area contributed by atoms with Gasteiger partial charge in [-0.15, -0.1) is 0 Å². The quantitative estimate of drug-likeness (QED) is 0.432. The Morgan fingerprint density at radius 1 is 1.19 bits per heavy atom. The van der Waals surface area contributed by atoms with Gasteiger partial charge in [0.05, 0.1) is 11.5 Å². The van der Waals surface area contributed by atoms with Crippen molar-refractivity contribution in [2.75, 3.05) is 6.61 Å². The lowest BCUT2D eigenvalue weighted by Gasteiger charge is -2.15. The maximum absolute atomic E-state index is 11.1. The van der Waals surface area contributed by atoms with E-state index in [0.29, 0.717) is 18.6 Å². The third kappa shape index (κ3) is 3.82. The zero-order chi connectivity index (χ0) is 15.2. The van der Waals surface area contributed by atoms with Gasteiger partial charge in [0.15, 0.2) is 0 Å². The second-order valence-electron chi connectivity index (χ2n) is 4.53. The van der Waals surface area contributed by atoms with Gasteiger partial charge in [0.2, 0.25) is 0 Å². The van der Waals surface area contributed by atoms with E-state index in [-0.39, 0.29) is 15.4 Å². The van der Waals surface area contributed by atoms with Crippen LogP contribution in [0.2, 0.25) is 0 Å². The molecule has 0 spiro atoms. The predicted octanol–water partition coefficient (Wildman–Crippen LogP) is 4.67. The molecule has 5 heteroatoms. The van der Waals surface area contributed by atoms with Crippen molar-refractivity contribution in [1.29, 1.82) is 0 Å². The van der Waals surface area contributed by atoms with Crippen molar-refractivity contribution in [3.8, 4) is 5.75 Å². The highest BCUT2D eigenvalue weighted by Crippen LogP contribution is 2.35. The van der Waals surface area contributed by atoms with E-state index in [4.69, 9.17) is 4.74 Å². The van der Waals surface area contributed by atoms with E-state index in [1.54, 1.807) is 12.1 Å². The number of hydrogen-bond donors (Lipinski definition) is 0. The number of hydrogen-bond acceptors (Lipinski definition) is 3. The number of alkyl halides is 1. The average molecular weight is 350 g/mol. The van der Waals surface area contributed by atoms with E-state index in [9.17, 15) is 10.1 Å². The minimum Gasteiger partial charge on any atom is -0.494 e. The molecule has 0 aliphatic heterocycles. The number of para-hydroxylation sites is 2. The Kier molecular flexibility index (Phi) is 5.33. The molecule has 1 atom stereocenters. The zero-order valence-corrected chi connectivity index (χ0v) is 13.2. The zero-order valence-electron chi connectivity index (χ0n) is 11.7. The van der Waals surface area contributed by atoms with Crippen molar-refractivity contribution in [2.24, 2.45) is 0 Å². The SMILES string of the molecule is CCOc1ccccc1C(Br)Cc1ccccc1[N+](=O)[O-]. The second kappa shape index (κ2) is 7.22. The first-order chi connectivity index (χ1) is 10.1. The van der Waals surface area contributed by atoms with Crippen molar-refractivity contribution >= 4 is 21.6 Å². The summed E-state index contributed by atoms with van der Waals surface area (Å²) >= 11 is 3.62. The molecular formula is C16H16BrNO3. The van der Waals surface area contributed by atoms with E-state index in [1.165, 1.54) is 6.07 Å². The first-order valence-electron chi connectivity index (χ1n) is 6.71.